The highest BCUT2D eigenvalue weighted by molar-refractivity contribution is 6.02. The number of nitrogens with zero attached hydrogens (tertiary/aromatic N) is 3. The first-order chi connectivity index (χ1) is 9.65. The Hall–Kier alpha value is -2.56. The summed E-state index contributed by atoms with van der Waals surface area (Å²) < 4.78 is 3.86. The van der Waals surface area contributed by atoms with Crippen LogP contribution in [0.5, 0.6) is 0 Å². The van der Waals surface area contributed by atoms with E-state index in [0.717, 1.165) is 23.9 Å². The molecule has 0 aliphatic carbocycles. The zero-order valence-corrected chi connectivity index (χ0v) is 11.2. The van der Waals surface area contributed by atoms with Crippen LogP contribution in [0.1, 0.15) is 15.9 Å². The third kappa shape index (κ3) is 2.18. The maximum Gasteiger partial charge on any atom is 0.336 e. The Morgan fingerprint density at radius 3 is 2.90 bits per heavy atom. The van der Waals surface area contributed by atoms with Crippen LogP contribution in [-0.4, -0.2) is 25.4 Å². The second kappa shape index (κ2) is 4.85. The van der Waals surface area contributed by atoms with E-state index < -0.39 is 5.97 Å². The normalized spacial score (nSPS) is 11.1. The molecule has 0 atom stereocenters. The average molecular weight is 269 g/mol. The second-order valence-corrected chi connectivity index (χ2v) is 4.82. The maximum atomic E-state index is 11.2. The smallest absolute Gasteiger partial charge is 0.336 e. The number of hydrogen-bond donors (Lipinski definition) is 1. The van der Waals surface area contributed by atoms with Gasteiger partial charge in [0.1, 0.15) is 0 Å². The summed E-state index contributed by atoms with van der Waals surface area (Å²) in [6.45, 7) is 0.804. The van der Waals surface area contributed by atoms with E-state index in [0.29, 0.717) is 5.56 Å². The summed E-state index contributed by atoms with van der Waals surface area (Å²) in [5.41, 5.74) is 2.47. The van der Waals surface area contributed by atoms with Crippen LogP contribution in [0.3, 0.4) is 0 Å². The number of carbonyl (C=O) groups is 1. The van der Waals surface area contributed by atoms with Crippen molar-refractivity contribution in [2.45, 2.75) is 13.0 Å². The van der Waals surface area contributed by atoms with Crippen LogP contribution in [0, 0.1) is 0 Å². The summed E-state index contributed by atoms with van der Waals surface area (Å²) >= 11 is 0. The fourth-order valence-electron chi connectivity index (χ4n) is 2.46. The number of aryl methyl sites for hydroxylation is 3. The van der Waals surface area contributed by atoms with Gasteiger partial charge in [-0.1, -0.05) is 6.07 Å². The van der Waals surface area contributed by atoms with Gasteiger partial charge in [0.15, 0.2) is 0 Å². The van der Waals surface area contributed by atoms with Gasteiger partial charge in [-0.15, -0.1) is 0 Å². The molecular formula is C15H15N3O2. The molecule has 5 heteroatoms. The van der Waals surface area contributed by atoms with Crippen molar-refractivity contribution in [2.24, 2.45) is 7.05 Å². The molecule has 0 bridgehead atoms. The van der Waals surface area contributed by atoms with Crippen LogP contribution in [0.15, 0.2) is 42.9 Å². The first-order valence-corrected chi connectivity index (χ1v) is 6.44. The molecule has 2 aromatic heterocycles. The third-order valence-electron chi connectivity index (χ3n) is 3.44. The molecule has 0 fully saturated rings. The van der Waals surface area contributed by atoms with Crippen molar-refractivity contribution in [3.8, 4) is 0 Å². The van der Waals surface area contributed by atoms with Crippen LogP contribution < -0.4 is 0 Å². The van der Waals surface area contributed by atoms with E-state index in [1.807, 2.05) is 37.8 Å². The van der Waals surface area contributed by atoms with Crippen molar-refractivity contribution in [3.05, 3.63) is 54.0 Å². The summed E-state index contributed by atoms with van der Waals surface area (Å²) in [5, 5.41) is 14.1. The molecule has 0 spiro atoms. The van der Waals surface area contributed by atoms with E-state index in [2.05, 4.69) is 9.67 Å². The topological polar surface area (TPSA) is 60.0 Å². The number of aromatic carboxylic acids is 1. The molecule has 0 aliphatic heterocycles. The molecule has 0 aliphatic rings. The Bertz CT molecular complexity index is 770. The van der Waals surface area contributed by atoms with E-state index in [4.69, 9.17) is 0 Å². The SMILES string of the molecule is Cn1cc(CCn2ccc3c(C(=O)O)cccc32)cn1. The fourth-order valence-corrected chi connectivity index (χ4v) is 2.46. The lowest BCUT2D eigenvalue weighted by Crippen LogP contribution is -2.00. The number of benzene rings is 1. The molecule has 0 saturated heterocycles. The third-order valence-corrected chi connectivity index (χ3v) is 3.44. The monoisotopic (exact) mass is 269 g/mol. The number of carboxylic acid groups (broad SMARTS) is 1. The lowest BCUT2D eigenvalue weighted by Gasteiger charge is -2.05. The predicted molar refractivity (Wildman–Crippen MR) is 75.8 cm³/mol. The highest BCUT2D eigenvalue weighted by Gasteiger charge is 2.10. The summed E-state index contributed by atoms with van der Waals surface area (Å²) in [7, 11) is 1.90. The largest absolute Gasteiger partial charge is 0.478 e. The first-order valence-electron chi connectivity index (χ1n) is 6.44. The minimum atomic E-state index is -0.888. The molecule has 3 aromatic rings. The van der Waals surface area contributed by atoms with Crippen molar-refractivity contribution in [1.29, 1.82) is 0 Å². The Kier molecular flexibility index (Phi) is 3.02. The predicted octanol–water partition coefficient (Wildman–Crippen LogP) is 2.32. The molecule has 2 heterocycles. The van der Waals surface area contributed by atoms with E-state index in [1.54, 1.807) is 16.8 Å². The van der Waals surface area contributed by atoms with Gasteiger partial charge in [-0.05, 0) is 30.2 Å². The van der Waals surface area contributed by atoms with Crippen molar-refractivity contribution in [1.82, 2.24) is 14.3 Å². The zero-order chi connectivity index (χ0) is 14.1. The van der Waals surface area contributed by atoms with Crippen LogP contribution >= 0.6 is 0 Å². The lowest BCUT2D eigenvalue weighted by atomic mass is 10.1. The van der Waals surface area contributed by atoms with E-state index in [9.17, 15) is 9.90 Å². The highest BCUT2D eigenvalue weighted by atomic mass is 16.4. The first kappa shape index (κ1) is 12.5. The van der Waals surface area contributed by atoms with Crippen LogP contribution in [0.25, 0.3) is 10.9 Å². The molecule has 1 aromatic carbocycles. The molecule has 0 radical (unpaired) electrons. The molecular weight excluding hydrogens is 254 g/mol. The number of fused-ring (bicyclic) bond motifs is 1. The zero-order valence-electron chi connectivity index (χ0n) is 11.2. The Morgan fingerprint density at radius 2 is 2.20 bits per heavy atom. The maximum absolute atomic E-state index is 11.2. The van der Waals surface area contributed by atoms with Gasteiger partial charge in [0.05, 0.1) is 11.8 Å². The molecule has 1 N–H and O–H groups in total. The van der Waals surface area contributed by atoms with Crippen molar-refractivity contribution in [3.63, 3.8) is 0 Å². The minimum absolute atomic E-state index is 0.350. The number of carboxylic acids is 1. The Morgan fingerprint density at radius 1 is 1.35 bits per heavy atom. The fraction of sp³-hybridized carbons (Fsp3) is 0.200. The van der Waals surface area contributed by atoms with Crippen LogP contribution in [0.4, 0.5) is 0 Å². The Balaban J connectivity index is 1.89. The lowest BCUT2D eigenvalue weighted by molar-refractivity contribution is 0.0699. The summed E-state index contributed by atoms with van der Waals surface area (Å²) in [6.07, 6.45) is 6.66. The van der Waals surface area contributed by atoms with Crippen molar-refractivity contribution >= 4 is 16.9 Å². The van der Waals surface area contributed by atoms with E-state index >= 15 is 0 Å². The number of aromatic nitrogens is 3. The number of rotatable bonds is 4. The summed E-state index contributed by atoms with van der Waals surface area (Å²) in [5.74, 6) is -0.888. The molecule has 5 nitrogen and oxygen atoms in total. The standard InChI is InChI=1S/C15H15N3O2/c1-17-10-11(9-16-17)5-7-18-8-6-12-13(15(19)20)3-2-4-14(12)18/h2-4,6,8-10H,5,7H2,1H3,(H,19,20). The van der Waals surface area contributed by atoms with Crippen molar-refractivity contribution in [2.75, 3.05) is 0 Å². The molecule has 20 heavy (non-hydrogen) atoms. The molecule has 3 rings (SSSR count). The molecule has 0 saturated carbocycles. The van der Waals surface area contributed by atoms with Gasteiger partial charge in [-0.25, -0.2) is 4.79 Å². The van der Waals surface area contributed by atoms with Gasteiger partial charge >= 0.3 is 5.97 Å². The van der Waals surface area contributed by atoms with Crippen molar-refractivity contribution < 1.29 is 9.90 Å². The summed E-state index contributed by atoms with van der Waals surface area (Å²) in [6, 6.07) is 7.23. The van der Waals surface area contributed by atoms with Gasteiger partial charge < -0.3 is 9.67 Å². The number of hydrogen-bond acceptors (Lipinski definition) is 2. The highest BCUT2D eigenvalue weighted by Crippen LogP contribution is 2.20. The van der Waals surface area contributed by atoms with Gasteiger partial charge in [0, 0.05) is 36.9 Å². The molecule has 102 valence electrons. The van der Waals surface area contributed by atoms with Gasteiger partial charge in [-0.3, -0.25) is 4.68 Å². The van der Waals surface area contributed by atoms with E-state index in [1.165, 1.54) is 5.56 Å². The van der Waals surface area contributed by atoms with Crippen LogP contribution in [-0.2, 0) is 20.0 Å². The minimum Gasteiger partial charge on any atom is -0.478 e. The average Bonchev–Trinajstić information content (AvgIpc) is 3.02. The molecule has 0 amide bonds. The van der Waals surface area contributed by atoms with E-state index in [-0.39, 0.29) is 0 Å². The quantitative estimate of drug-likeness (QED) is 0.790. The van der Waals surface area contributed by atoms with Crippen LogP contribution in [0.2, 0.25) is 0 Å². The van der Waals surface area contributed by atoms with Gasteiger partial charge in [0.25, 0.3) is 0 Å². The molecule has 0 unspecified atom stereocenters. The van der Waals surface area contributed by atoms with Gasteiger partial charge in [-0.2, -0.15) is 5.10 Å². The second-order valence-electron chi connectivity index (χ2n) is 4.82. The Labute approximate surface area is 116 Å². The summed E-state index contributed by atoms with van der Waals surface area (Å²) in [4.78, 5) is 11.2. The van der Waals surface area contributed by atoms with Gasteiger partial charge in [0.2, 0.25) is 0 Å².